The molecular weight excluding hydrogens is 1610 g/mol. The van der Waals surface area contributed by atoms with Gasteiger partial charge in [0.05, 0.1) is 88.8 Å². The first kappa shape index (κ1) is 74.3. The highest BCUT2D eigenvalue weighted by molar-refractivity contribution is 6.19. The van der Waals surface area contributed by atoms with E-state index in [1.165, 1.54) is 159 Å². The molecule has 3 aliphatic carbocycles. The Bertz CT molecular complexity index is 9710. The second-order valence-corrected chi connectivity index (χ2v) is 38.9. The lowest BCUT2D eigenvalue weighted by Crippen LogP contribution is -2.15. The molecule has 0 saturated carbocycles. The zero-order valence-electron chi connectivity index (χ0n) is 74.3. The minimum absolute atomic E-state index is 0.143. The summed E-state index contributed by atoms with van der Waals surface area (Å²) >= 11 is 0. The first-order valence-corrected chi connectivity index (χ1v) is 46.6. The van der Waals surface area contributed by atoms with Gasteiger partial charge >= 0.3 is 0 Å². The number of pyridine rings is 1. The Balaban J connectivity index is 0.618. The van der Waals surface area contributed by atoms with Crippen LogP contribution in [0.25, 0.3) is 243 Å². The van der Waals surface area contributed by atoms with Crippen molar-refractivity contribution in [3.63, 3.8) is 0 Å². The minimum atomic E-state index is -0.153. The van der Waals surface area contributed by atoms with Gasteiger partial charge in [-0.2, -0.15) is 0 Å². The molecule has 0 fully saturated rings. The lowest BCUT2D eigenvalue weighted by Gasteiger charge is -2.22. The summed E-state index contributed by atoms with van der Waals surface area (Å²) in [6.45, 7) is 14.3. The highest BCUT2D eigenvalue weighted by Crippen LogP contribution is 2.55. The lowest BCUT2D eigenvalue weighted by atomic mass is 9.82. The topological polar surface area (TPSA) is 42.5 Å². The van der Waals surface area contributed by atoms with Crippen molar-refractivity contribution >= 4 is 142 Å². The van der Waals surface area contributed by atoms with E-state index in [0.717, 1.165) is 117 Å². The summed E-state index contributed by atoms with van der Waals surface area (Å²) < 4.78 is 15.1. The van der Waals surface area contributed by atoms with Crippen LogP contribution in [-0.4, -0.2) is 32.4 Å². The second kappa shape index (κ2) is 26.8. The van der Waals surface area contributed by atoms with Gasteiger partial charge in [0.25, 0.3) is 0 Å². The number of nitrogens with zero attached hydrogens (tertiary/aromatic N) is 7. The number of aromatic nitrogens is 7. The number of benzene rings is 19. The molecule has 0 bridgehead atoms. The molecule has 0 aliphatic heterocycles. The Labute approximate surface area is 767 Å². The maximum atomic E-state index is 5.50. The highest BCUT2D eigenvalue weighted by atomic mass is 15.1. The summed E-state index contributed by atoms with van der Waals surface area (Å²) in [5.74, 6) is 0. The van der Waals surface area contributed by atoms with Gasteiger partial charge in [-0.3, -0.25) is 4.98 Å². The van der Waals surface area contributed by atoms with E-state index in [9.17, 15) is 0 Å². The van der Waals surface area contributed by atoms with Crippen LogP contribution in [0.3, 0.4) is 0 Å². The van der Waals surface area contributed by atoms with Crippen molar-refractivity contribution < 1.29 is 0 Å². The molecule has 0 atom stereocenters. The SMILES string of the molecule is CC1(C)c2ccccc2-c2ccc(-n3c4ccccc4c4ccc(-c5ccc6c(c5)c5ccccc5n6-c5cc6nccc(-n7c8ccccc8c8cc(-c9ccc%10c%11ccccc%11n(-c%11ccc%12c(c%11)C(C)(C)c%11ccccc%11-%12)c%10c9)ccc87)c6cc5-n5c6ccccc6c6cc(-c7ccc8c9ccccc9n(-c9ccc%10c(c9)C(C)(C)c9ccccc9-%10)c8c7)ccc65)cc43)cc21. The molecule has 29 rings (SSSR count). The van der Waals surface area contributed by atoms with E-state index in [1.807, 2.05) is 6.20 Å². The Morgan fingerprint density at radius 1 is 0.165 bits per heavy atom. The Kier molecular flexibility index (Phi) is 15.0. The van der Waals surface area contributed by atoms with E-state index in [4.69, 9.17) is 4.98 Å². The highest BCUT2D eigenvalue weighted by Gasteiger charge is 2.40. The summed E-state index contributed by atoms with van der Waals surface area (Å²) in [6.07, 6.45) is 2.02. The summed E-state index contributed by atoms with van der Waals surface area (Å²) in [7, 11) is 0. The van der Waals surface area contributed by atoms with Gasteiger partial charge in [-0.25, -0.2) is 0 Å². The van der Waals surface area contributed by atoms with E-state index in [2.05, 4.69) is 469 Å². The van der Waals surface area contributed by atoms with Crippen LogP contribution >= 0.6 is 0 Å². The fourth-order valence-corrected chi connectivity index (χ4v) is 24.7. The number of hydrogen-bond donors (Lipinski definition) is 0. The number of para-hydroxylation sites is 6. The second-order valence-electron chi connectivity index (χ2n) is 38.9. The largest absolute Gasteiger partial charge is 0.309 e. The van der Waals surface area contributed by atoms with Crippen molar-refractivity contribution in [3.8, 4) is 101 Å². The third-order valence-electron chi connectivity index (χ3n) is 31.1. The average Bonchev–Trinajstić information content (AvgIpc) is 1.60. The monoisotopic (exact) mass is 1700 g/mol. The summed E-state index contributed by atoms with van der Waals surface area (Å²) in [5, 5.41) is 15.4. The molecule has 624 valence electrons. The molecule has 7 heterocycles. The number of hydrogen-bond acceptors (Lipinski definition) is 1. The van der Waals surface area contributed by atoms with Crippen LogP contribution in [0.1, 0.15) is 74.9 Å². The Morgan fingerprint density at radius 3 is 0.767 bits per heavy atom. The molecule has 7 heteroatoms. The summed E-state index contributed by atoms with van der Waals surface area (Å²) in [4.78, 5) is 5.50. The van der Waals surface area contributed by atoms with Crippen LogP contribution in [0.5, 0.6) is 0 Å². The van der Waals surface area contributed by atoms with Crippen LogP contribution in [0.2, 0.25) is 0 Å². The molecule has 0 N–H and O–H groups in total. The maximum Gasteiger partial charge on any atom is 0.0745 e. The van der Waals surface area contributed by atoms with Gasteiger partial charge < -0.3 is 27.4 Å². The van der Waals surface area contributed by atoms with Crippen molar-refractivity contribution in [1.29, 1.82) is 0 Å². The van der Waals surface area contributed by atoms with Crippen molar-refractivity contribution in [3.05, 3.63) is 440 Å². The molecule has 0 amide bonds. The molecule has 19 aromatic carbocycles. The van der Waals surface area contributed by atoms with Gasteiger partial charge in [0.15, 0.2) is 0 Å². The first-order chi connectivity index (χ1) is 65.2. The average molecular weight is 1700 g/mol. The van der Waals surface area contributed by atoms with Gasteiger partial charge in [0.2, 0.25) is 0 Å². The molecule has 7 nitrogen and oxygen atoms in total. The fourth-order valence-electron chi connectivity index (χ4n) is 24.7. The van der Waals surface area contributed by atoms with E-state index in [1.54, 1.807) is 0 Å². The third-order valence-corrected chi connectivity index (χ3v) is 31.1. The smallest absolute Gasteiger partial charge is 0.0745 e. The quantitative estimate of drug-likeness (QED) is 0.142. The maximum absolute atomic E-state index is 5.50. The van der Waals surface area contributed by atoms with Gasteiger partial charge in [0, 0.05) is 110 Å². The predicted molar refractivity (Wildman–Crippen MR) is 557 cm³/mol. The van der Waals surface area contributed by atoms with Gasteiger partial charge in [-0.15, -0.1) is 0 Å². The van der Waals surface area contributed by atoms with E-state index in [0.29, 0.717) is 0 Å². The molecule has 0 saturated heterocycles. The van der Waals surface area contributed by atoms with E-state index < -0.39 is 0 Å². The molecule has 133 heavy (non-hydrogen) atoms. The number of fused-ring (bicyclic) bond motifs is 28. The molecule has 3 aliphatic rings. The van der Waals surface area contributed by atoms with Crippen LogP contribution < -0.4 is 0 Å². The zero-order chi connectivity index (χ0) is 87.9. The standard InChI is InChI=1S/C126H85N7/c1-124(2)102-34-16-7-25-83(102)86-55-49-80(69-105(86)124)128-109-37-19-10-28-89(109)95-52-43-77(66-119(95)128)74-46-58-115-98(63-74)92-31-13-22-40-112(92)131(115)118-61-62-127-108-73-123(133-114-42-24-15-33-94(114)100-65-76(48-60-117(100)133)79-45-54-97-91-30-12-21-39-111(91)130(121(97)68-79)82-51-57-88-85-27-9-18-36-104(85)126(5,6)107(88)71-82)122(72-101(108)118)132-113-41-23-14-32-93(113)99-64-75(47-59-116(99)132)78-44-53-96-90-29-11-20-38-110(90)129(120(96)67-78)81-50-56-87-84-26-8-17-35-103(84)125(3,4)106(87)70-81/h7-73H,1-6H3. The number of rotatable bonds is 9. The van der Waals surface area contributed by atoms with Crippen molar-refractivity contribution in [2.45, 2.75) is 57.8 Å². The molecule has 26 aromatic rings. The van der Waals surface area contributed by atoms with Crippen LogP contribution in [-0.2, 0) is 16.2 Å². The molecule has 7 aromatic heterocycles. The lowest BCUT2D eigenvalue weighted by molar-refractivity contribution is 0.660. The van der Waals surface area contributed by atoms with Crippen LogP contribution in [0.15, 0.2) is 407 Å². The van der Waals surface area contributed by atoms with Crippen molar-refractivity contribution in [2.24, 2.45) is 0 Å². The normalized spacial score (nSPS) is 14.0. The molecular formula is C126H85N7. The Hall–Kier alpha value is -16.6. The van der Waals surface area contributed by atoms with E-state index >= 15 is 0 Å². The molecule has 0 radical (unpaired) electrons. The summed E-state index contributed by atoms with van der Waals surface area (Å²) in [5.41, 5.74) is 43.8. The van der Waals surface area contributed by atoms with E-state index in [-0.39, 0.29) is 16.2 Å². The zero-order valence-corrected chi connectivity index (χ0v) is 74.3. The molecule has 0 spiro atoms. The van der Waals surface area contributed by atoms with Crippen molar-refractivity contribution in [1.82, 2.24) is 32.4 Å². The van der Waals surface area contributed by atoms with Crippen molar-refractivity contribution in [2.75, 3.05) is 0 Å². The van der Waals surface area contributed by atoms with Gasteiger partial charge in [0.1, 0.15) is 0 Å². The Morgan fingerprint density at radius 2 is 0.421 bits per heavy atom. The predicted octanol–water partition coefficient (Wildman–Crippen LogP) is 32.7. The van der Waals surface area contributed by atoms with Gasteiger partial charge in [-0.05, 0) is 246 Å². The summed E-state index contributed by atoms with van der Waals surface area (Å²) in [6, 6.07) is 152. The minimum Gasteiger partial charge on any atom is -0.309 e. The first-order valence-electron chi connectivity index (χ1n) is 46.6. The molecule has 0 unspecified atom stereocenters. The van der Waals surface area contributed by atoms with Gasteiger partial charge in [-0.1, -0.05) is 296 Å². The van der Waals surface area contributed by atoms with Crippen LogP contribution in [0, 0.1) is 0 Å². The third kappa shape index (κ3) is 10.2. The van der Waals surface area contributed by atoms with Crippen LogP contribution in [0.4, 0.5) is 0 Å². The fraction of sp³-hybridized carbons (Fsp3) is 0.0714.